The van der Waals surface area contributed by atoms with Crippen molar-refractivity contribution in [3.8, 4) is 0 Å². The van der Waals surface area contributed by atoms with Gasteiger partial charge in [0.25, 0.3) is 5.56 Å². The molecule has 0 spiro atoms. The van der Waals surface area contributed by atoms with Crippen LogP contribution in [0, 0.1) is 0 Å². The van der Waals surface area contributed by atoms with E-state index in [9.17, 15) is 4.79 Å². The number of hydrogen-bond acceptors (Lipinski definition) is 3. The fourth-order valence-electron chi connectivity index (χ4n) is 1.58. The Kier molecular flexibility index (Phi) is 2.41. The largest absolute Gasteiger partial charge is 0.399 e. The first-order chi connectivity index (χ1) is 7.22. The van der Waals surface area contributed by atoms with E-state index in [1.807, 2.05) is 6.92 Å². The Balaban J connectivity index is 2.69. The molecule has 0 saturated heterocycles. The van der Waals surface area contributed by atoms with Crippen molar-refractivity contribution in [3.63, 3.8) is 0 Å². The third-order valence-electron chi connectivity index (χ3n) is 2.31. The molecule has 15 heavy (non-hydrogen) atoms. The normalized spacial score (nSPS) is 10.7. The topological polar surface area (TPSA) is 60.9 Å². The number of fused-ring (bicyclic) bond motifs is 1. The molecule has 0 aliphatic carbocycles. The van der Waals surface area contributed by atoms with Crippen LogP contribution in [0.25, 0.3) is 10.9 Å². The van der Waals surface area contributed by atoms with Gasteiger partial charge in [0.05, 0.1) is 17.2 Å². The number of benzene rings is 1. The Labute approximate surface area is 87.4 Å². The number of hydrogen-bond donors (Lipinski definition) is 1. The highest BCUT2D eigenvalue weighted by molar-refractivity contribution is 5.80. The van der Waals surface area contributed by atoms with E-state index in [2.05, 4.69) is 4.98 Å². The molecule has 2 rings (SSSR count). The van der Waals surface area contributed by atoms with Crippen LogP contribution in [0.1, 0.15) is 13.3 Å². The van der Waals surface area contributed by atoms with Crippen molar-refractivity contribution in [1.29, 1.82) is 0 Å². The highest BCUT2D eigenvalue weighted by Gasteiger charge is 2.02. The van der Waals surface area contributed by atoms with Crippen molar-refractivity contribution in [3.05, 3.63) is 34.9 Å². The Morgan fingerprint density at radius 2 is 2.27 bits per heavy atom. The van der Waals surface area contributed by atoms with Gasteiger partial charge in [0.1, 0.15) is 0 Å². The van der Waals surface area contributed by atoms with E-state index < -0.39 is 0 Å². The third-order valence-corrected chi connectivity index (χ3v) is 2.31. The van der Waals surface area contributed by atoms with Crippen molar-refractivity contribution in [2.75, 3.05) is 5.73 Å². The summed E-state index contributed by atoms with van der Waals surface area (Å²) in [4.78, 5) is 16.1. The van der Waals surface area contributed by atoms with E-state index in [4.69, 9.17) is 5.73 Å². The summed E-state index contributed by atoms with van der Waals surface area (Å²) in [5.74, 6) is 0. The maximum absolute atomic E-state index is 11.9. The molecule has 2 aromatic rings. The average Bonchev–Trinajstić information content (AvgIpc) is 2.22. The second-order valence-corrected chi connectivity index (χ2v) is 3.52. The zero-order valence-electron chi connectivity index (χ0n) is 8.60. The van der Waals surface area contributed by atoms with Gasteiger partial charge in [-0.2, -0.15) is 0 Å². The molecule has 1 aromatic carbocycles. The molecule has 0 atom stereocenters. The van der Waals surface area contributed by atoms with Crippen LogP contribution in [0.15, 0.2) is 29.3 Å². The number of nitrogen functional groups attached to an aromatic ring is 1. The Bertz CT molecular complexity index is 545. The summed E-state index contributed by atoms with van der Waals surface area (Å²) in [7, 11) is 0. The van der Waals surface area contributed by atoms with Gasteiger partial charge in [-0.15, -0.1) is 0 Å². The standard InChI is InChI=1S/C11H13N3O/c1-2-5-14-7-13-10-6-8(12)3-4-9(10)11(14)15/h3-4,6-7H,2,5,12H2,1H3. The summed E-state index contributed by atoms with van der Waals surface area (Å²) in [6.07, 6.45) is 2.50. The predicted octanol–water partition coefficient (Wildman–Crippen LogP) is 1.39. The van der Waals surface area contributed by atoms with Crippen molar-refractivity contribution in [1.82, 2.24) is 9.55 Å². The lowest BCUT2D eigenvalue weighted by atomic mass is 10.2. The smallest absolute Gasteiger partial charge is 0.261 e. The van der Waals surface area contributed by atoms with Gasteiger partial charge in [-0.3, -0.25) is 9.36 Å². The molecule has 0 fully saturated rings. The van der Waals surface area contributed by atoms with Gasteiger partial charge in [0.2, 0.25) is 0 Å². The SMILES string of the molecule is CCCn1cnc2cc(N)ccc2c1=O. The van der Waals surface area contributed by atoms with Crippen LogP contribution in [-0.4, -0.2) is 9.55 Å². The van der Waals surface area contributed by atoms with Crippen LogP contribution in [0.2, 0.25) is 0 Å². The Morgan fingerprint density at radius 3 is 3.00 bits per heavy atom. The van der Waals surface area contributed by atoms with Gasteiger partial charge in [0.15, 0.2) is 0 Å². The quantitative estimate of drug-likeness (QED) is 0.750. The van der Waals surface area contributed by atoms with E-state index in [-0.39, 0.29) is 5.56 Å². The molecule has 4 nitrogen and oxygen atoms in total. The van der Waals surface area contributed by atoms with Gasteiger partial charge >= 0.3 is 0 Å². The summed E-state index contributed by atoms with van der Waals surface area (Å²) in [5, 5.41) is 0.625. The van der Waals surface area contributed by atoms with E-state index >= 15 is 0 Å². The molecule has 0 aliphatic heterocycles. The fraction of sp³-hybridized carbons (Fsp3) is 0.273. The predicted molar refractivity (Wildman–Crippen MR) is 60.7 cm³/mol. The molecule has 0 amide bonds. The lowest BCUT2D eigenvalue weighted by molar-refractivity contribution is 0.648. The summed E-state index contributed by atoms with van der Waals surface area (Å²) < 4.78 is 1.62. The van der Waals surface area contributed by atoms with Crippen molar-refractivity contribution < 1.29 is 0 Å². The van der Waals surface area contributed by atoms with Crippen molar-refractivity contribution in [2.45, 2.75) is 19.9 Å². The summed E-state index contributed by atoms with van der Waals surface area (Å²) in [6.45, 7) is 2.73. The maximum Gasteiger partial charge on any atom is 0.261 e. The zero-order valence-corrected chi connectivity index (χ0v) is 8.60. The van der Waals surface area contributed by atoms with E-state index in [1.165, 1.54) is 0 Å². The molecule has 78 valence electrons. The van der Waals surface area contributed by atoms with Crippen LogP contribution in [0.5, 0.6) is 0 Å². The van der Waals surface area contributed by atoms with Gasteiger partial charge in [-0.05, 0) is 24.6 Å². The summed E-state index contributed by atoms with van der Waals surface area (Å²) in [5.41, 5.74) is 6.91. The van der Waals surface area contributed by atoms with Gasteiger partial charge in [0, 0.05) is 12.2 Å². The molecular formula is C11H13N3O. The monoisotopic (exact) mass is 203 g/mol. The molecule has 2 N–H and O–H groups in total. The number of anilines is 1. The first-order valence-corrected chi connectivity index (χ1v) is 4.97. The Hall–Kier alpha value is -1.84. The highest BCUT2D eigenvalue weighted by Crippen LogP contribution is 2.10. The van der Waals surface area contributed by atoms with Crippen LogP contribution in [0.3, 0.4) is 0 Å². The van der Waals surface area contributed by atoms with E-state index in [0.29, 0.717) is 23.1 Å². The molecule has 1 heterocycles. The first kappa shape index (κ1) is 9.71. The minimum atomic E-state index is 0.00171. The first-order valence-electron chi connectivity index (χ1n) is 4.97. The molecule has 0 saturated carbocycles. The highest BCUT2D eigenvalue weighted by atomic mass is 16.1. The molecule has 0 unspecified atom stereocenters. The van der Waals surface area contributed by atoms with Crippen molar-refractivity contribution >= 4 is 16.6 Å². The molecule has 0 radical (unpaired) electrons. The van der Waals surface area contributed by atoms with E-state index in [0.717, 1.165) is 6.42 Å². The second-order valence-electron chi connectivity index (χ2n) is 3.52. The number of aromatic nitrogens is 2. The maximum atomic E-state index is 11.9. The molecule has 1 aromatic heterocycles. The van der Waals surface area contributed by atoms with Gasteiger partial charge in [-0.25, -0.2) is 4.98 Å². The Morgan fingerprint density at radius 1 is 1.47 bits per heavy atom. The minimum Gasteiger partial charge on any atom is -0.399 e. The average molecular weight is 203 g/mol. The zero-order chi connectivity index (χ0) is 10.8. The number of nitrogens with zero attached hydrogens (tertiary/aromatic N) is 2. The van der Waals surface area contributed by atoms with E-state index in [1.54, 1.807) is 29.1 Å². The molecule has 4 heteroatoms. The number of rotatable bonds is 2. The van der Waals surface area contributed by atoms with Gasteiger partial charge < -0.3 is 5.73 Å². The lowest BCUT2D eigenvalue weighted by Crippen LogP contribution is -2.20. The number of nitrogens with two attached hydrogens (primary N) is 1. The number of aryl methyl sites for hydroxylation is 1. The third kappa shape index (κ3) is 1.70. The van der Waals surface area contributed by atoms with Crippen molar-refractivity contribution in [2.24, 2.45) is 0 Å². The molecule has 0 bridgehead atoms. The minimum absolute atomic E-state index is 0.00171. The van der Waals surface area contributed by atoms with Crippen LogP contribution < -0.4 is 11.3 Å². The van der Waals surface area contributed by atoms with Crippen LogP contribution in [-0.2, 0) is 6.54 Å². The fourth-order valence-corrected chi connectivity index (χ4v) is 1.58. The van der Waals surface area contributed by atoms with Gasteiger partial charge in [-0.1, -0.05) is 6.92 Å². The molecular weight excluding hydrogens is 190 g/mol. The summed E-state index contributed by atoms with van der Waals surface area (Å²) >= 11 is 0. The second kappa shape index (κ2) is 3.73. The van der Waals surface area contributed by atoms with Crippen LogP contribution >= 0.6 is 0 Å². The molecule has 0 aliphatic rings. The lowest BCUT2D eigenvalue weighted by Gasteiger charge is -2.04. The van der Waals surface area contributed by atoms with Crippen LogP contribution in [0.4, 0.5) is 5.69 Å². The summed E-state index contributed by atoms with van der Waals surface area (Å²) in [6, 6.07) is 5.17.